The Labute approximate surface area is 118 Å². The SMILES string of the molecule is Cc1nn(Cc2nc(-c3ccccc3)no2)cc1Br. The van der Waals surface area contributed by atoms with E-state index in [2.05, 4.69) is 31.2 Å². The van der Waals surface area contributed by atoms with Gasteiger partial charge < -0.3 is 4.52 Å². The van der Waals surface area contributed by atoms with E-state index in [9.17, 15) is 0 Å². The van der Waals surface area contributed by atoms with Gasteiger partial charge in [0.2, 0.25) is 11.7 Å². The van der Waals surface area contributed by atoms with E-state index in [1.54, 1.807) is 4.68 Å². The zero-order valence-corrected chi connectivity index (χ0v) is 11.8. The van der Waals surface area contributed by atoms with E-state index in [1.807, 2.05) is 43.5 Å². The highest BCUT2D eigenvalue weighted by atomic mass is 79.9. The van der Waals surface area contributed by atoms with E-state index >= 15 is 0 Å². The first kappa shape index (κ1) is 12.1. The summed E-state index contributed by atoms with van der Waals surface area (Å²) in [5, 5.41) is 8.30. The van der Waals surface area contributed by atoms with Crippen LogP contribution in [0.3, 0.4) is 0 Å². The number of benzene rings is 1. The van der Waals surface area contributed by atoms with Gasteiger partial charge in [0, 0.05) is 11.8 Å². The quantitative estimate of drug-likeness (QED) is 0.744. The Hall–Kier alpha value is -1.95. The highest BCUT2D eigenvalue weighted by Crippen LogP contribution is 2.17. The average Bonchev–Trinajstić information content (AvgIpc) is 2.99. The second kappa shape index (κ2) is 4.97. The highest BCUT2D eigenvalue weighted by molar-refractivity contribution is 9.10. The van der Waals surface area contributed by atoms with Gasteiger partial charge in [-0.05, 0) is 22.9 Å². The molecule has 2 heterocycles. The maximum absolute atomic E-state index is 5.23. The number of halogens is 1. The predicted octanol–water partition coefficient (Wildman–Crippen LogP) is 3.05. The molecule has 19 heavy (non-hydrogen) atoms. The van der Waals surface area contributed by atoms with Crippen molar-refractivity contribution in [1.82, 2.24) is 19.9 Å². The molecule has 0 atom stereocenters. The summed E-state index contributed by atoms with van der Waals surface area (Å²) in [6.07, 6.45) is 1.89. The molecule has 0 saturated heterocycles. The molecule has 1 aromatic carbocycles. The molecule has 0 bridgehead atoms. The van der Waals surface area contributed by atoms with Crippen LogP contribution >= 0.6 is 15.9 Å². The number of rotatable bonds is 3. The zero-order chi connectivity index (χ0) is 13.2. The molecular weight excluding hydrogens is 308 g/mol. The first-order chi connectivity index (χ1) is 9.22. The maximum Gasteiger partial charge on any atom is 0.248 e. The van der Waals surface area contributed by atoms with Gasteiger partial charge in [0.15, 0.2) is 0 Å². The number of hydrogen-bond donors (Lipinski definition) is 0. The monoisotopic (exact) mass is 318 g/mol. The fourth-order valence-corrected chi connectivity index (χ4v) is 2.05. The van der Waals surface area contributed by atoms with Gasteiger partial charge in [-0.15, -0.1) is 0 Å². The maximum atomic E-state index is 5.23. The minimum atomic E-state index is 0.465. The summed E-state index contributed by atoms with van der Waals surface area (Å²) in [6, 6.07) is 9.74. The van der Waals surface area contributed by atoms with Crippen LogP contribution in [0.1, 0.15) is 11.6 Å². The fraction of sp³-hybridized carbons (Fsp3) is 0.154. The molecule has 96 valence electrons. The molecule has 2 aromatic heterocycles. The summed E-state index contributed by atoms with van der Waals surface area (Å²) < 4.78 is 7.97. The van der Waals surface area contributed by atoms with E-state index in [-0.39, 0.29) is 0 Å². The van der Waals surface area contributed by atoms with Crippen molar-refractivity contribution in [1.29, 1.82) is 0 Å². The van der Waals surface area contributed by atoms with Crippen LogP contribution in [-0.2, 0) is 6.54 Å². The molecule has 0 aliphatic heterocycles. The van der Waals surface area contributed by atoms with Crippen molar-refractivity contribution >= 4 is 15.9 Å². The molecule has 6 heteroatoms. The van der Waals surface area contributed by atoms with E-state index in [0.29, 0.717) is 18.3 Å². The third kappa shape index (κ3) is 2.58. The van der Waals surface area contributed by atoms with Crippen LogP contribution in [0.5, 0.6) is 0 Å². The van der Waals surface area contributed by atoms with Crippen LogP contribution < -0.4 is 0 Å². The van der Waals surface area contributed by atoms with Crippen molar-refractivity contribution in [2.24, 2.45) is 0 Å². The summed E-state index contributed by atoms with van der Waals surface area (Å²) in [5.41, 5.74) is 1.87. The van der Waals surface area contributed by atoms with Gasteiger partial charge >= 0.3 is 0 Å². The van der Waals surface area contributed by atoms with E-state index in [0.717, 1.165) is 15.7 Å². The molecular formula is C13H11BrN4O. The summed E-state index contributed by atoms with van der Waals surface area (Å²) in [5.74, 6) is 1.13. The lowest BCUT2D eigenvalue weighted by atomic mass is 10.2. The predicted molar refractivity (Wildman–Crippen MR) is 73.5 cm³/mol. The summed E-state index contributed by atoms with van der Waals surface area (Å²) in [4.78, 5) is 4.36. The third-order valence-corrected chi connectivity index (χ3v) is 3.46. The second-order valence-electron chi connectivity index (χ2n) is 4.14. The van der Waals surface area contributed by atoms with E-state index < -0.39 is 0 Å². The highest BCUT2D eigenvalue weighted by Gasteiger charge is 2.10. The van der Waals surface area contributed by atoms with Crippen LogP contribution in [0.4, 0.5) is 0 Å². The van der Waals surface area contributed by atoms with Gasteiger partial charge in [0.25, 0.3) is 0 Å². The lowest BCUT2D eigenvalue weighted by molar-refractivity contribution is 0.366. The number of aromatic nitrogens is 4. The number of hydrogen-bond acceptors (Lipinski definition) is 4. The van der Waals surface area contributed by atoms with Crippen molar-refractivity contribution < 1.29 is 4.52 Å². The first-order valence-electron chi connectivity index (χ1n) is 5.80. The van der Waals surface area contributed by atoms with Crippen molar-refractivity contribution in [3.8, 4) is 11.4 Å². The molecule has 5 nitrogen and oxygen atoms in total. The van der Waals surface area contributed by atoms with Gasteiger partial charge in [0.05, 0.1) is 10.2 Å². The van der Waals surface area contributed by atoms with Gasteiger partial charge in [-0.2, -0.15) is 10.1 Å². The first-order valence-corrected chi connectivity index (χ1v) is 6.59. The average molecular weight is 319 g/mol. The fourth-order valence-electron chi connectivity index (χ4n) is 1.74. The molecule has 0 radical (unpaired) electrons. The minimum absolute atomic E-state index is 0.465. The Morgan fingerprint density at radius 3 is 2.74 bits per heavy atom. The molecule has 0 spiro atoms. The topological polar surface area (TPSA) is 56.7 Å². The Balaban J connectivity index is 1.82. The van der Waals surface area contributed by atoms with Crippen LogP contribution in [0, 0.1) is 6.92 Å². The van der Waals surface area contributed by atoms with Crippen molar-refractivity contribution in [3.05, 3.63) is 52.6 Å². The largest absolute Gasteiger partial charge is 0.337 e. The molecule has 3 aromatic rings. The Morgan fingerprint density at radius 2 is 2.05 bits per heavy atom. The number of nitrogens with zero attached hydrogens (tertiary/aromatic N) is 4. The van der Waals surface area contributed by atoms with Gasteiger partial charge in [0.1, 0.15) is 6.54 Å². The van der Waals surface area contributed by atoms with Crippen molar-refractivity contribution in [2.75, 3.05) is 0 Å². The Bertz CT molecular complexity index is 670. The molecule has 0 fully saturated rings. The van der Waals surface area contributed by atoms with Crippen molar-refractivity contribution in [2.45, 2.75) is 13.5 Å². The van der Waals surface area contributed by atoms with Gasteiger partial charge in [-0.25, -0.2) is 0 Å². The standard InChI is InChI=1S/C13H11BrN4O/c1-9-11(14)7-18(16-9)8-12-15-13(17-19-12)10-5-3-2-4-6-10/h2-7H,8H2,1H3. The smallest absolute Gasteiger partial charge is 0.248 e. The Morgan fingerprint density at radius 1 is 1.26 bits per heavy atom. The van der Waals surface area contributed by atoms with E-state index in [1.165, 1.54) is 0 Å². The lowest BCUT2D eigenvalue weighted by Gasteiger charge is -1.94. The Kier molecular flexibility index (Phi) is 3.16. The van der Waals surface area contributed by atoms with E-state index in [4.69, 9.17) is 4.52 Å². The third-order valence-electron chi connectivity index (χ3n) is 2.68. The molecule has 3 rings (SSSR count). The lowest BCUT2D eigenvalue weighted by Crippen LogP contribution is -2.00. The van der Waals surface area contributed by atoms with Gasteiger partial charge in [-0.1, -0.05) is 35.5 Å². The zero-order valence-electron chi connectivity index (χ0n) is 10.2. The summed E-state index contributed by atoms with van der Waals surface area (Å²) in [6.45, 7) is 2.40. The van der Waals surface area contributed by atoms with Crippen LogP contribution in [0.25, 0.3) is 11.4 Å². The summed E-state index contributed by atoms with van der Waals surface area (Å²) >= 11 is 3.42. The molecule has 0 aliphatic rings. The molecule has 0 N–H and O–H groups in total. The number of aryl methyl sites for hydroxylation is 1. The van der Waals surface area contributed by atoms with Crippen LogP contribution in [0.2, 0.25) is 0 Å². The van der Waals surface area contributed by atoms with Crippen LogP contribution in [-0.4, -0.2) is 19.9 Å². The van der Waals surface area contributed by atoms with Crippen molar-refractivity contribution in [3.63, 3.8) is 0 Å². The van der Waals surface area contributed by atoms with Crippen LogP contribution in [0.15, 0.2) is 45.5 Å². The molecule has 0 unspecified atom stereocenters. The van der Waals surface area contributed by atoms with Gasteiger partial charge in [-0.3, -0.25) is 4.68 Å². The summed E-state index contributed by atoms with van der Waals surface area (Å²) in [7, 11) is 0. The molecule has 0 amide bonds. The molecule has 0 saturated carbocycles. The minimum Gasteiger partial charge on any atom is -0.337 e. The molecule has 0 aliphatic carbocycles. The second-order valence-corrected chi connectivity index (χ2v) is 4.99. The normalized spacial score (nSPS) is 10.8.